The third kappa shape index (κ3) is 3.73. The van der Waals surface area contributed by atoms with E-state index in [0.29, 0.717) is 45.1 Å². The van der Waals surface area contributed by atoms with Gasteiger partial charge in [-0.2, -0.15) is 0 Å². The monoisotopic (exact) mass is 476 g/mol. The number of rotatable bonds is 5. The molecule has 0 saturated heterocycles. The number of ether oxygens (including phenoxy) is 2. The number of para-hydroxylation sites is 1. The molecule has 0 N–H and O–H groups in total. The third-order valence-electron chi connectivity index (χ3n) is 5.48. The van der Waals surface area contributed by atoms with Crippen molar-refractivity contribution in [3.8, 4) is 11.5 Å². The summed E-state index contributed by atoms with van der Waals surface area (Å²) in [4.78, 5) is 18.4. The van der Waals surface area contributed by atoms with Crippen LogP contribution in [-0.4, -0.2) is 16.3 Å². The summed E-state index contributed by atoms with van der Waals surface area (Å²) in [5.74, 6) is 1.99. The topological polar surface area (TPSA) is 66.5 Å². The Morgan fingerprint density at radius 1 is 0.970 bits per heavy atom. The van der Waals surface area contributed by atoms with Crippen molar-refractivity contribution < 1.29 is 13.9 Å². The van der Waals surface area contributed by atoms with Gasteiger partial charge in [0.1, 0.15) is 11.1 Å². The maximum absolute atomic E-state index is 13.6. The predicted molar refractivity (Wildman–Crippen MR) is 128 cm³/mol. The number of thioether (sulfide) groups is 1. The second-order valence-corrected chi connectivity index (χ2v) is 9.05. The SMILES string of the molecule is O=c1c2oc3ccccc3c2nc(SCc2cccc(Cl)c2)n1Cc1ccc2c(c1)OCO2. The minimum absolute atomic E-state index is 0.200. The summed E-state index contributed by atoms with van der Waals surface area (Å²) in [6.07, 6.45) is 0. The molecule has 3 aromatic carbocycles. The molecule has 6 rings (SSSR count). The van der Waals surface area contributed by atoms with Crippen molar-refractivity contribution in [3.63, 3.8) is 0 Å². The lowest BCUT2D eigenvalue weighted by molar-refractivity contribution is 0.174. The van der Waals surface area contributed by atoms with Crippen molar-refractivity contribution in [1.29, 1.82) is 0 Å². The molecule has 1 aliphatic heterocycles. The van der Waals surface area contributed by atoms with Gasteiger partial charge in [0.15, 0.2) is 16.7 Å². The first-order valence-electron chi connectivity index (χ1n) is 10.3. The van der Waals surface area contributed by atoms with E-state index in [2.05, 4.69) is 0 Å². The van der Waals surface area contributed by atoms with Crippen molar-refractivity contribution in [2.75, 3.05) is 6.79 Å². The Morgan fingerprint density at radius 3 is 2.76 bits per heavy atom. The minimum atomic E-state index is -0.220. The summed E-state index contributed by atoms with van der Waals surface area (Å²) in [6.45, 7) is 0.527. The highest BCUT2D eigenvalue weighted by Crippen LogP contribution is 2.33. The molecule has 1 aliphatic rings. The zero-order valence-electron chi connectivity index (χ0n) is 17.3. The van der Waals surface area contributed by atoms with E-state index in [4.69, 9.17) is 30.5 Å². The Hall–Kier alpha value is -3.42. The zero-order valence-corrected chi connectivity index (χ0v) is 18.9. The molecule has 6 nitrogen and oxygen atoms in total. The van der Waals surface area contributed by atoms with Crippen LogP contribution >= 0.6 is 23.4 Å². The fraction of sp³-hybridized carbons (Fsp3) is 0.120. The molecule has 0 unspecified atom stereocenters. The van der Waals surface area contributed by atoms with Crippen molar-refractivity contribution >= 4 is 45.4 Å². The molecule has 0 radical (unpaired) electrons. The number of aromatic nitrogens is 2. The average molecular weight is 477 g/mol. The van der Waals surface area contributed by atoms with E-state index < -0.39 is 0 Å². The van der Waals surface area contributed by atoms with Crippen LogP contribution in [0.3, 0.4) is 0 Å². The van der Waals surface area contributed by atoms with Crippen LogP contribution in [0.4, 0.5) is 0 Å². The van der Waals surface area contributed by atoms with Gasteiger partial charge < -0.3 is 13.9 Å². The molecule has 0 fully saturated rings. The number of nitrogens with zero attached hydrogens (tertiary/aromatic N) is 2. The van der Waals surface area contributed by atoms with Crippen LogP contribution in [0.2, 0.25) is 5.02 Å². The fourth-order valence-electron chi connectivity index (χ4n) is 3.90. The number of hydrogen-bond donors (Lipinski definition) is 0. The molecule has 164 valence electrons. The second-order valence-electron chi connectivity index (χ2n) is 7.67. The van der Waals surface area contributed by atoms with Crippen LogP contribution in [0.5, 0.6) is 11.5 Å². The Balaban J connectivity index is 1.46. The van der Waals surface area contributed by atoms with Crippen LogP contribution in [0, 0.1) is 0 Å². The lowest BCUT2D eigenvalue weighted by atomic mass is 10.2. The summed E-state index contributed by atoms with van der Waals surface area (Å²) in [7, 11) is 0. The van der Waals surface area contributed by atoms with Crippen LogP contribution in [-0.2, 0) is 12.3 Å². The number of fused-ring (bicyclic) bond motifs is 4. The molecular weight excluding hydrogens is 460 g/mol. The van der Waals surface area contributed by atoms with Crippen molar-refractivity contribution in [2.45, 2.75) is 17.5 Å². The molecule has 0 atom stereocenters. The van der Waals surface area contributed by atoms with E-state index in [1.807, 2.05) is 66.7 Å². The van der Waals surface area contributed by atoms with Crippen molar-refractivity contribution in [2.24, 2.45) is 0 Å². The molecule has 5 aromatic rings. The van der Waals surface area contributed by atoms with E-state index in [9.17, 15) is 4.79 Å². The maximum Gasteiger partial charge on any atom is 0.298 e. The Kier molecular flexibility index (Phi) is 5.00. The fourth-order valence-corrected chi connectivity index (χ4v) is 5.05. The Morgan fingerprint density at radius 2 is 1.85 bits per heavy atom. The van der Waals surface area contributed by atoms with Gasteiger partial charge >= 0.3 is 0 Å². The molecule has 3 heterocycles. The van der Waals surface area contributed by atoms with Crippen LogP contribution in [0.15, 0.2) is 81.1 Å². The normalized spacial score (nSPS) is 12.6. The number of halogens is 1. The first kappa shape index (κ1) is 20.2. The average Bonchev–Trinajstić information content (AvgIpc) is 3.44. The van der Waals surface area contributed by atoms with Crippen LogP contribution in [0.1, 0.15) is 11.1 Å². The van der Waals surface area contributed by atoms with Gasteiger partial charge in [0.2, 0.25) is 12.4 Å². The number of hydrogen-bond acceptors (Lipinski definition) is 6. The van der Waals surface area contributed by atoms with Gasteiger partial charge in [0.25, 0.3) is 5.56 Å². The zero-order chi connectivity index (χ0) is 22.4. The predicted octanol–water partition coefficient (Wildman–Crippen LogP) is 5.87. The first-order valence-corrected chi connectivity index (χ1v) is 11.7. The van der Waals surface area contributed by atoms with Gasteiger partial charge in [-0.1, -0.05) is 53.7 Å². The van der Waals surface area contributed by atoms with Gasteiger partial charge in [0, 0.05) is 16.2 Å². The number of benzene rings is 3. The molecule has 2 aromatic heterocycles. The highest BCUT2D eigenvalue weighted by molar-refractivity contribution is 7.98. The summed E-state index contributed by atoms with van der Waals surface area (Å²) in [5, 5.41) is 2.11. The van der Waals surface area contributed by atoms with Gasteiger partial charge in [-0.25, -0.2) is 4.98 Å². The molecule has 0 saturated carbocycles. The number of furan rings is 1. The van der Waals surface area contributed by atoms with Crippen LogP contribution < -0.4 is 15.0 Å². The summed E-state index contributed by atoms with van der Waals surface area (Å²) in [6, 6.07) is 20.9. The molecule has 0 amide bonds. The van der Waals surface area contributed by atoms with E-state index in [-0.39, 0.29) is 17.9 Å². The highest BCUT2D eigenvalue weighted by atomic mass is 35.5. The van der Waals surface area contributed by atoms with Crippen LogP contribution in [0.25, 0.3) is 22.1 Å². The van der Waals surface area contributed by atoms with Gasteiger partial charge in [-0.3, -0.25) is 9.36 Å². The standard InChI is InChI=1S/C25H17ClN2O4S/c26-17-5-3-4-16(10-17)13-33-25-27-22-18-6-1-2-7-19(18)32-23(22)24(29)28(25)12-15-8-9-20-21(11-15)31-14-30-20/h1-11H,12-14H2. The smallest absolute Gasteiger partial charge is 0.298 e. The molecule has 0 bridgehead atoms. The Bertz CT molecular complexity index is 1580. The molecular formula is C25H17ClN2O4S. The van der Waals surface area contributed by atoms with E-state index in [1.54, 1.807) is 4.57 Å². The molecule has 33 heavy (non-hydrogen) atoms. The Labute approximate surface area is 197 Å². The van der Waals surface area contributed by atoms with Gasteiger partial charge in [-0.05, 0) is 47.5 Å². The molecule has 0 aliphatic carbocycles. The second kappa shape index (κ2) is 8.17. The first-order chi connectivity index (χ1) is 16.2. The summed E-state index contributed by atoms with van der Waals surface area (Å²) < 4.78 is 18.5. The summed E-state index contributed by atoms with van der Waals surface area (Å²) >= 11 is 7.64. The van der Waals surface area contributed by atoms with E-state index >= 15 is 0 Å². The van der Waals surface area contributed by atoms with Gasteiger partial charge in [-0.15, -0.1) is 0 Å². The summed E-state index contributed by atoms with van der Waals surface area (Å²) in [5.41, 5.74) is 3.21. The molecule has 8 heteroatoms. The van der Waals surface area contributed by atoms with E-state index in [1.165, 1.54) is 11.8 Å². The molecule has 0 spiro atoms. The highest BCUT2D eigenvalue weighted by Gasteiger charge is 2.19. The van der Waals surface area contributed by atoms with Crippen molar-refractivity contribution in [3.05, 3.63) is 93.2 Å². The largest absolute Gasteiger partial charge is 0.454 e. The minimum Gasteiger partial charge on any atom is -0.454 e. The lowest BCUT2D eigenvalue weighted by Crippen LogP contribution is -2.23. The van der Waals surface area contributed by atoms with Gasteiger partial charge in [0.05, 0.1) is 6.54 Å². The quantitative estimate of drug-likeness (QED) is 0.233. The van der Waals surface area contributed by atoms with E-state index in [0.717, 1.165) is 16.5 Å². The van der Waals surface area contributed by atoms with Crippen molar-refractivity contribution in [1.82, 2.24) is 9.55 Å². The maximum atomic E-state index is 13.6. The third-order valence-corrected chi connectivity index (χ3v) is 6.76. The lowest BCUT2D eigenvalue weighted by Gasteiger charge is -2.12.